The first kappa shape index (κ1) is 15.6. The summed E-state index contributed by atoms with van der Waals surface area (Å²) in [5, 5.41) is 7.70. The van der Waals surface area contributed by atoms with Gasteiger partial charge in [0.1, 0.15) is 5.84 Å². The molecule has 0 heterocycles. The smallest absolute Gasteiger partial charge is 0.139 e. The first-order valence-electron chi connectivity index (χ1n) is 5.56. The van der Waals surface area contributed by atoms with E-state index < -0.39 is 0 Å². The highest BCUT2D eigenvalue weighted by atomic mass is 14.9. The van der Waals surface area contributed by atoms with Crippen LogP contribution in [-0.2, 0) is 0 Å². The molecule has 0 aliphatic rings. The van der Waals surface area contributed by atoms with Crippen LogP contribution in [0.2, 0.25) is 0 Å². The van der Waals surface area contributed by atoms with Gasteiger partial charge in [0.25, 0.3) is 0 Å². The number of hydrogen-bond acceptors (Lipinski definition) is 2. The van der Waals surface area contributed by atoms with Gasteiger partial charge >= 0.3 is 0 Å². The molecule has 0 radical (unpaired) electrons. The van der Waals surface area contributed by atoms with Gasteiger partial charge in [-0.15, -0.1) is 0 Å². The van der Waals surface area contributed by atoms with Gasteiger partial charge in [0, 0.05) is 12.5 Å². The second-order valence-electron chi connectivity index (χ2n) is 2.79. The number of hydrogen-bond donors (Lipinski definition) is 2. The van der Waals surface area contributed by atoms with Crippen molar-refractivity contribution in [1.82, 2.24) is 0 Å². The summed E-state index contributed by atoms with van der Waals surface area (Å²) in [4.78, 5) is 4.01. The van der Waals surface area contributed by atoms with Gasteiger partial charge in [0.15, 0.2) is 0 Å². The average Bonchev–Trinajstić information content (AvgIpc) is 2.23. The summed E-state index contributed by atoms with van der Waals surface area (Å²) in [5.41, 5.74) is 6.11. The summed E-state index contributed by atoms with van der Waals surface area (Å²) in [6, 6.07) is 0. The third-order valence-corrected chi connectivity index (χ3v) is 2.00. The largest absolute Gasteiger partial charge is 0.382 e. The normalized spacial score (nSPS) is 10.9. The van der Waals surface area contributed by atoms with E-state index in [1.54, 1.807) is 0 Å². The van der Waals surface area contributed by atoms with Crippen molar-refractivity contribution in [2.45, 2.75) is 47.5 Å². The maximum absolute atomic E-state index is 7.70. The molecule has 0 fully saturated rings. The molecule has 0 saturated carbocycles. The summed E-state index contributed by atoms with van der Waals surface area (Å²) in [6.45, 7) is 10.7. The maximum atomic E-state index is 7.70. The lowest BCUT2D eigenvalue weighted by molar-refractivity contribution is 0.644. The number of amidine groups is 1. The van der Waals surface area contributed by atoms with Crippen molar-refractivity contribution in [3.05, 3.63) is 0 Å². The molecule has 0 aromatic rings. The van der Waals surface area contributed by atoms with Crippen LogP contribution in [0.5, 0.6) is 0 Å². The van der Waals surface area contributed by atoms with E-state index in [0.29, 0.717) is 18.1 Å². The molecule has 0 rings (SSSR count). The number of rotatable bonds is 5. The minimum Gasteiger partial charge on any atom is -0.382 e. The second kappa shape index (κ2) is 10.2. The molecule has 3 nitrogen and oxygen atoms in total. The van der Waals surface area contributed by atoms with Crippen LogP contribution in [0.3, 0.4) is 0 Å². The van der Waals surface area contributed by atoms with Gasteiger partial charge in [-0.2, -0.15) is 0 Å². The van der Waals surface area contributed by atoms with E-state index >= 15 is 0 Å². The van der Waals surface area contributed by atoms with Gasteiger partial charge in [-0.3, -0.25) is 4.99 Å². The van der Waals surface area contributed by atoms with Crippen LogP contribution in [-0.4, -0.2) is 18.1 Å². The Kier molecular flexibility index (Phi) is 11.4. The summed E-state index contributed by atoms with van der Waals surface area (Å²) in [7, 11) is 0. The Morgan fingerprint density at radius 1 is 1.21 bits per heavy atom. The van der Waals surface area contributed by atoms with Crippen LogP contribution >= 0.6 is 0 Å². The van der Waals surface area contributed by atoms with Crippen molar-refractivity contribution in [2.75, 3.05) is 6.54 Å². The Hall–Kier alpha value is -0.860. The van der Waals surface area contributed by atoms with E-state index in [9.17, 15) is 0 Å². The van der Waals surface area contributed by atoms with Gasteiger partial charge in [-0.05, 0) is 19.8 Å². The fourth-order valence-corrected chi connectivity index (χ4v) is 1.16. The van der Waals surface area contributed by atoms with Crippen molar-refractivity contribution in [3.63, 3.8) is 0 Å². The van der Waals surface area contributed by atoms with Gasteiger partial charge in [0.2, 0.25) is 0 Å². The molecular formula is C11H25N3. The number of nitrogens with one attached hydrogen (secondary N) is 1. The number of nitrogens with two attached hydrogens (primary N) is 1. The standard InChI is InChI=1S/C9H19N3.C2H6/c1-4-7(5-2)8(10)9(11)12-6-3;1-2/h7,10H,4-6H2,1-3H3,(H2,11,12);1-2H3. The fourth-order valence-electron chi connectivity index (χ4n) is 1.16. The summed E-state index contributed by atoms with van der Waals surface area (Å²) < 4.78 is 0. The molecule has 14 heavy (non-hydrogen) atoms. The lowest BCUT2D eigenvalue weighted by Gasteiger charge is -2.12. The molecule has 0 aromatic carbocycles. The topological polar surface area (TPSA) is 62.2 Å². The van der Waals surface area contributed by atoms with Crippen molar-refractivity contribution in [1.29, 1.82) is 5.41 Å². The monoisotopic (exact) mass is 199 g/mol. The Morgan fingerprint density at radius 2 is 1.64 bits per heavy atom. The van der Waals surface area contributed by atoms with Crippen molar-refractivity contribution in [3.8, 4) is 0 Å². The molecule has 0 atom stereocenters. The molecule has 0 spiro atoms. The molecule has 84 valence electrons. The van der Waals surface area contributed by atoms with Gasteiger partial charge in [0.05, 0.1) is 5.71 Å². The summed E-state index contributed by atoms with van der Waals surface area (Å²) in [6.07, 6.45) is 1.94. The summed E-state index contributed by atoms with van der Waals surface area (Å²) in [5.74, 6) is 0.687. The Labute approximate surface area is 88.3 Å². The first-order valence-corrected chi connectivity index (χ1v) is 5.56. The van der Waals surface area contributed by atoms with Crippen LogP contribution in [0.4, 0.5) is 0 Å². The third-order valence-electron chi connectivity index (χ3n) is 2.00. The Morgan fingerprint density at radius 3 is 1.93 bits per heavy atom. The predicted octanol–water partition coefficient (Wildman–Crippen LogP) is 2.85. The van der Waals surface area contributed by atoms with Crippen LogP contribution in [0.25, 0.3) is 0 Å². The first-order chi connectivity index (χ1) is 6.67. The number of aliphatic imine (C=N–C) groups is 1. The van der Waals surface area contributed by atoms with Crippen LogP contribution in [0.1, 0.15) is 47.5 Å². The maximum Gasteiger partial charge on any atom is 0.139 e. The van der Waals surface area contributed by atoms with Gasteiger partial charge in [-0.25, -0.2) is 0 Å². The fraction of sp³-hybridized carbons (Fsp3) is 0.818. The minimum atomic E-state index is 0.278. The predicted molar refractivity (Wildman–Crippen MR) is 65.3 cm³/mol. The van der Waals surface area contributed by atoms with Crippen molar-refractivity contribution < 1.29 is 0 Å². The molecule has 3 N–H and O–H groups in total. The average molecular weight is 199 g/mol. The molecule has 0 aliphatic carbocycles. The Bertz CT molecular complexity index is 169. The molecule has 0 aliphatic heterocycles. The van der Waals surface area contributed by atoms with Crippen molar-refractivity contribution in [2.24, 2.45) is 16.6 Å². The van der Waals surface area contributed by atoms with Crippen LogP contribution in [0, 0.1) is 11.3 Å². The zero-order valence-electron chi connectivity index (χ0n) is 10.2. The zero-order valence-corrected chi connectivity index (χ0v) is 10.2. The molecular weight excluding hydrogens is 174 g/mol. The molecule has 0 saturated heterocycles. The van der Waals surface area contributed by atoms with E-state index in [1.165, 1.54) is 0 Å². The summed E-state index contributed by atoms with van der Waals surface area (Å²) >= 11 is 0. The van der Waals surface area contributed by atoms with E-state index in [1.807, 2.05) is 20.8 Å². The SMILES string of the molecule is CC.CCN=C(N)C(=N)C(CC)CC. The van der Waals surface area contributed by atoms with E-state index in [4.69, 9.17) is 11.1 Å². The van der Waals surface area contributed by atoms with E-state index in [0.717, 1.165) is 12.8 Å². The zero-order chi connectivity index (χ0) is 11.6. The van der Waals surface area contributed by atoms with Gasteiger partial charge < -0.3 is 11.1 Å². The highest BCUT2D eigenvalue weighted by Crippen LogP contribution is 2.08. The van der Waals surface area contributed by atoms with E-state index in [-0.39, 0.29) is 5.92 Å². The van der Waals surface area contributed by atoms with Crippen LogP contribution in [0.15, 0.2) is 4.99 Å². The lowest BCUT2D eigenvalue weighted by atomic mass is 9.97. The molecule has 0 aromatic heterocycles. The van der Waals surface area contributed by atoms with Crippen molar-refractivity contribution >= 4 is 11.5 Å². The molecule has 0 amide bonds. The minimum absolute atomic E-state index is 0.278. The number of nitrogens with zero attached hydrogens (tertiary/aromatic N) is 1. The quantitative estimate of drug-likeness (QED) is 0.519. The van der Waals surface area contributed by atoms with E-state index in [2.05, 4.69) is 18.8 Å². The highest BCUT2D eigenvalue weighted by molar-refractivity contribution is 6.40. The second-order valence-corrected chi connectivity index (χ2v) is 2.79. The molecule has 0 bridgehead atoms. The third kappa shape index (κ3) is 5.73. The lowest BCUT2D eigenvalue weighted by Crippen LogP contribution is -2.29. The Balaban J connectivity index is 0. The molecule has 0 unspecified atom stereocenters. The molecule has 3 heteroatoms. The highest BCUT2D eigenvalue weighted by Gasteiger charge is 2.12. The van der Waals surface area contributed by atoms with Gasteiger partial charge in [-0.1, -0.05) is 27.7 Å². The van der Waals surface area contributed by atoms with Crippen LogP contribution < -0.4 is 5.73 Å².